The van der Waals surface area contributed by atoms with Gasteiger partial charge in [-0.3, -0.25) is 9.36 Å². The highest BCUT2D eigenvalue weighted by atomic mass is 32.1. The van der Waals surface area contributed by atoms with Gasteiger partial charge in [0.2, 0.25) is 0 Å². The van der Waals surface area contributed by atoms with Gasteiger partial charge >= 0.3 is 5.97 Å². The van der Waals surface area contributed by atoms with Crippen molar-refractivity contribution in [3.05, 3.63) is 96.4 Å². The van der Waals surface area contributed by atoms with Gasteiger partial charge in [0.05, 0.1) is 35.6 Å². The molecule has 1 aliphatic heterocycles. The predicted molar refractivity (Wildman–Crippen MR) is 120 cm³/mol. The Hall–Kier alpha value is -3.52. The van der Waals surface area contributed by atoms with Crippen molar-refractivity contribution in [2.75, 3.05) is 13.7 Å². The molecule has 3 aromatic rings. The third-order valence-corrected chi connectivity index (χ3v) is 6.10. The van der Waals surface area contributed by atoms with E-state index in [-0.39, 0.29) is 17.7 Å². The maximum Gasteiger partial charge on any atom is 0.338 e. The van der Waals surface area contributed by atoms with E-state index in [1.165, 1.54) is 28.0 Å². The molecule has 1 atom stereocenters. The molecule has 2 aromatic carbocycles. The summed E-state index contributed by atoms with van der Waals surface area (Å²) in [7, 11) is 1.59. The molecule has 6 nitrogen and oxygen atoms in total. The zero-order valence-corrected chi connectivity index (χ0v) is 18.6. The molecule has 0 fully saturated rings. The van der Waals surface area contributed by atoms with Crippen molar-refractivity contribution in [2.24, 2.45) is 4.99 Å². The minimum absolute atomic E-state index is 0.188. The van der Waals surface area contributed by atoms with Crippen LogP contribution in [-0.2, 0) is 9.53 Å². The summed E-state index contributed by atoms with van der Waals surface area (Å²) in [4.78, 5) is 31.2. The molecular weight excluding hydrogens is 431 g/mol. The first kappa shape index (κ1) is 21.7. The van der Waals surface area contributed by atoms with Crippen LogP contribution in [0, 0.1) is 5.82 Å². The van der Waals surface area contributed by atoms with Crippen LogP contribution in [0.1, 0.15) is 31.0 Å². The lowest BCUT2D eigenvalue weighted by Crippen LogP contribution is -2.39. The molecule has 0 saturated carbocycles. The first-order valence-electron chi connectivity index (χ1n) is 10.0. The lowest BCUT2D eigenvalue weighted by Gasteiger charge is -2.24. The van der Waals surface area contributed by atoms with Crippen LogP contribution < -0.4 is 19.6 Å². The van der Waals surface area contributed by atoms with Crippen molar-refractivity contribution >= 4 is 23.4 Å². The number of aromatic nitrogens is 1. The van der Waals surface area contributed by atoms with Crippen molar-refractivity contribution in [1.82, 2.24) is 4.57 Å². The fourth-order valence-corrected chi connectivity index (χ4v) is 4.65. The maximum atomic E-state index is 13.6. The van der Waals surface area contributed by atoms with Crippen LogP contribution in [0.5, 0.6) is 5.75 Å². The minimum Gasteiger partial charge on any atom is -0.497 e. The van der Waals surface area contributed by atoms with Crippen molar-refractivity contribution in [2.45, 2.75) is 19.9 Å². The number of ether oxygens (including phenoxy) is 2. The highest BCUT2D eigenvalue weighted by molar-refractivity contribution is 7.07. The van der Waals surface area contributed by atoms with E-state index in [2.05, 4.69) is 4.99 Å². The number of fused-ring (bicyclic) bond motifs is 1. The summed E-state index contributed by atoms with van der Waals surface area (Å²) in [5, 5.41) is 0. The van der Waals surface area contributed by atoms with Crippen molar-refractivity contribution in [3.8, 4) is 5.75 Å². The van der Waals surface area contributed by atoms with Gasteiger partial charge in [-0.15, -0.1) is 0 Å². The molecule has 0 spiro atoms. The second-order valence-corrected chi connectivity index (χ2v) is 8.14. The summed E-state index contributed by atoms with van der Waals surface area (Å²) < 4.78 is 26.0. The number of hydrogen-bond donors (Lipinski definition) is 0. The number of nitrogens with zero attached hydrogens (tertiary/aromatic N) is 2. The van der Waals surface area contributed by atoms with Crippen LogP contribution in [0.3, 0.4) is 0 Å². The normalized spacial score (nSPS) is 15.9. The van der Waals surface area contributed by atoms with E-state index in [0.717, 1.165) is 11.3 Å². The molecule has 4 rings (SSSR count). The summed E-state index contributed by atoms with van der Waals surface area (Å²) in [5.41, 5.74) is 1.88. The van der Waals surface area contributed by atoms with E-state index in [1.54, 1.807) is 39.2 Å². The van der Waals surface area contributed by atoms with E-state index < -0.39 is 17.8 Å². The Morgan fingerprint density at radius 3 is 2.50 bits per heavy atom. The second-order valence-electron chi connectivity index (χ2n) is 7.13. The average molecular weight is 453 g/mol. The second kappa shape index (κ2) is 8.92. The largest absolute Gasteiger partial charge is 0.497 e. The average Bonchev–Trinajstić information content (AvgIpc) is 3.08. The highest BCUT2D eigenvalue weighted by Crippen LogP contribution is 2.30. The minimum atomic E-state index is -0.760. The lowest BCUT2D eigenvalue weighted by atomic mass is 9.96. The number of thiazole rings is 1. The molecular formula is C24H21FN2O4S. The van der Waals surface area contributed by atoms with E-state index in [1.807, 2.05) is 24.3 Å². The third-order valence-electron chi connectivity index (χ3n) is 5.12. The van der Waals surface area contributed by atoms with Crippen LogP contribution in [-0.4, -0.2) is 24.3 Å². The van der Waals surface area contributed by atoms with Gasteiger partial charge in [0, 0.05) is 0 Å². The number of benzene rings is 2. The van der Waals surface area contributed by atoms with Gasteiger partial charge in [-0.25, -0.2) is 14.2 Å². The summed E-state index contributed by atoms with van der Waals surface area (Å²) in [6.07, 6.45) is 1.77. The molecule has 0 unspecified atom stereocenters. The molecule has 8 heteroatoms. The fourth-order valence-electron chi connectivity index (χ4n) is 3.60. The van der Waals surface area contributed by atoms with E-state index in [9.17, 15) is 14.0 Å². The molecule has 0 saturated heterocycles. The Morgan fingerprint density at radius 1 is 1.19 bits per heavy atom. The first-order valence-corrected chi connectivity index (χ1v) is 10.8. The molecule has 0 radical (unpaired) electrons. The Balaban J connectivity index is 1.92. The third kappa shape index (κ3) is 4.01. The van der Waals surface area contributed by atoms with Crippen LogP contribution in [0.25, 0.3) is 6.08 Å². The number of methoxy groups -OCH3 is 1. The summed E-state index contributed by atoms with van der Waals surface area (Å²) in [5.74, 6) is -0.235. The molecule has 32 heavy (non-hydrogen) atoms. The number of hydrogen-bond acceptors (Lipinski definition) is 6. The standard InChI is InChI=1S/C24H21FN2O4S/c1-4-31-23(29)20-14(2)26-24-27(21(20)16-7-9-17(25)10-8-16)22(28)19(32-24)13-15-5-11-18(30-3)12-6-15/h5-13,21H,4H2,1-3H3/b19-13+/t21-/m0/s1. The number of rotatable bonds is 5. The molecule has 0 bridgehead atoms. The maximum absolute atomic E-state index is 13.6. The van der Waals surface area contributed by atoms with E-state index in [0.29, 0.717) is 20.6 Å². The first-order chi connectivity index (χ1) is 15.4. The number of esters is 1. The highest BCUT2D eigenvalue weighted by Gasteiger charge is 2.33. The zero-order chi connectivity index (χ0) is 22.8. The molecule has 164 valence electrons. The van der Waals surface area contributed by atoms with Gasteiger partial charge < -0.3 is 9.47 Å². The number of carbonyl (C=O) groups is 1. The van der Waals surface area contributed by atoms with Gasteiger partial charge in [-0.2, -0.15) is 0 Å². The number of allylic oxidation sites excluding steroid dienone is 1. The van der Waals surface area contributed by atoms with Crippen LogP contribution in [0.4, 0.5) is 4.39 Å². The number of halogens is 1. The Kier molecular flexibility index (Phi) is 6.05. The van der Waals surface area contributed by atoms with Crippen LogP contribution >= 0.6 is 11.3 Å². The SMILES string of the molecule is CCOC(=O)C1=C(C)N=c2s/c(=C/c3ccc(OC)cc3)c(=O)n2[C@H]1c1ccc(F)cc1. The summed E-state index contributed by atoms with van der Waals surface area (Å²) >= 11 is 1.24. The molecule has 0 N–H and O–H groups in total. The lowest BCUT2D eigenvalue weighted by molar-refractivity contribution is -0.139. The summed E-state index contributed by atoms with van der Waals surface area (Å²) in [6.45, 7) is 3.61. The van der Waals surface area contributed by atoms with Gasteiger partial charge in [0.15, 0.2) is 4.80 Å². The van der Waals surface area contributed by atoms with E-state index >= 15 is 0 Å². The van der Waals surface area contributed by atoms with Crippen LogP contribution in [0.15, 0.2) is 69.6 Å². The van der Waals surface area contributed by atoms with E-state index in [4.69, 9.17) is 9.47 Å². The Morgan fingerprint density at radius 2 is 1.88 bits per heavy atom. The Bertz CT molecular complexity index is 1370. The molecule has 0 aliphatic carbocycles. The van der Waals surface area contributed by atoms with Gasteiger partial charge in [0.25, 0.3) is 5.56 Å². The smallest absolute Gasteiger partial charge is 0.338 e. The quantitative estimate of drug-likeness (QED) is 0.558. The Labute approximate surface area is 187 Å². The van der Waals surface area contributed by atoms with Crippen molar-refractivity contribution in [3.63, 3.8) is 0 Å². The van der Waals surface area contributed by atoms with Gasteiger partial charge in [0.1, 0.15) is 11.6 Å². The molecule has 1 aliphatic rings. The predicted octanol–water partition coefficient (Wildman–Crippen LogP) is 2.95. The zero-order valence-electron chi connectivity index (χ0n) is 17.8. The molecule has 2 heterocycles. The van der Waals surface area contributed by atoms with Crippen LogP contribution in [0.2, 0.25) is 0 Å². The summed E-state index contributed by atoms with van der Waals surface area (Å²) in [6, 6.07) is 12.3. The molecule has 0 amide bonds. The number of carbonyl (C=O) groups excluding carboxylic acids is 1. The van der Waals surface area contributed by atoms with Crippen molar-refractivity contribution < 1.29 is 18.7 Å². The monoisotopic (exact) mass is 452 g/mol. The van der Waals surface area contributed by atoms with Gasteiger partial charge in [-0.05, 0) is 55.3 Å². The van der Waals surface area contributed by atoms with Crippen molar-refractivity contribution in [1.29, 1.82) is 0 Å². The topological polar surface area (TPSA) is 69.9 Å². The fraction of sp³-hybridized carbons (Fsp3) is 0.208. The molecule has 1 aromatic heterocycles. The van der Waals surface area contributed by atoms with Gasteiger partial charge in [-0.1, -0.05) is 35.6 Å².